The van der Waals surface area contributed by atoms with Gasteiger partial charge in [-0.25, -0.2) is 13.9 Å². The number of hydrogen-bond acceptors (Lipinski definition) is 6. The molecule has 0 radical (unpaired) electrons. The summed E-state index contributed by atoms with van der Waals surface area (Å²) in [5.41, 5.74) is 0.615. The van der Waals surface area contributed by atoms with Gasteiger partial charge in [0.15, 0.2) is 0 Å². The Morgan fingerprint density at radius 3 is 2.78 bits per heavy atom. The molecule has 0 spiro atoms. The lowest BCUT2D eigenvalue weighted by Gasteiger charge is -2.07. The van der Waals surface area contributed by atoms with Gasteiger partial charge in [-0.15, -0.1) is 0 Å². The van der Waals surface area contributed by atoms with Crippen molar-refractivity contribution in [1.29, 1.82) is 0 Å². The van der Waals surface area contributed by atoms with Gasteiger partial charge in [0.25, 0.3) is 5.56 Å². The van der Waals surface area contributed by atoms with Gasteiger partial charge in [0.05, 0.1) is 25.2 Å². The number of aromatic amines is 1. The van der Waals surface area contributed by atoms with Crippen molar-refractivity contribution in [3.8, 4) is 5.88 Å². The number of hydrogen-bond donors (Lipinski definition) is 1. The number of methoxy groups -OCH3 is 1. The van der Waals surface area contributed by atoms with Crippen LogP contribution in [0.15, 0.2) is 69.7 Å². The minimum atomic E-state index is -1.39. The predicted molar refractivity (Wildman–Crippen MR) is 99.2 cm³/mol. The van der Waals surface area contributed by atoms with Crippen LogP contribution in [0.5, 0.6) is 5.88 Å². The van der Waals surface area contributed by atoms with Gasteiger partial charge in [-0.1, -0.05) is 6.07 Å². The minimum absolute atomic E-state index is 0.220. The summed E-state index contributed by atoms with van der Waals surface area (Å²) in [5, 5.41) is 12.4. The topological polar surface area (TPSA) is 103 Å². The quantitative estimate of drug-likeness (QED) is 0.565. The third-order valence-corrected chi connectivity index (χ3v) is 5.36. The Labute approximate surface area is 156 Å². The van der Waals surface area contributed by atoms with Crippen LogP contribution in [0.1, 0.15) is 5.56 Å². The third kappa shape index (κ3) is 3.36. The van der Waals surface area contributed by atoms with E-state index in [1.165, 1.54) is 4.68 Å². The van der Waals surface area contributed by atoms with Crippen LogP contribution in [0, 0.1) is 0 Å². The first-order valence-electron chi connectivity index (χ1n) is 8.05. The highest BCUT2D eigenvalue weighted by molar-refractivity contribution is 7.85. The van der Waals surface area contributed by atoms with Crippen LogP contribution in [0.25, 0.3) is 10.8 Å². The highest BCUT2D eigenvalue weighted by Gasteiger charge is 2.11. The lowest BCUT2D eigenvalue weighted by atomic mass is 10.2. The maximum Gasteiger partial charge on any atom is 0.274 e. The molecule has 1 aromatic carbocycles. The maximum absolute atomic E-state index is 12.7. The van der Waals surface area contributed by atoms with Gasteiger partial charge in [0.2, 0.25) is 5.88 Å². The second kappa shape index (κ2) is 7.12. The molecular weight excluding hydrogens is 366 g/mol. The van der Waals surface area contributed by atoms with Crippen LogP contribution >= 0.6 is 0 Å². The second-order valence-electron chi connectivity index (χ2n) is 5.75. The molecule has 8 nitrogen and oxygen atoms in total. The summed E-state index contributed by atoms with van der Waals surface area (Å²) in [5.74, 6) is 0.510. The summed E-state index contributed by atoms with van der Waals surface area (Å²) in [6, 6.07) is 10.3. The van der Waals surface area contributed by atoms with Crippen LogP contribution in [-0.4, -0.2) is 36.3 Å². The largest absolute Gasteiger partial charge is 0.481 e. The SMILES string of the molecule is COc1ccc(Cn2ncc3cc(S(=O)c4ccn[nH]4)ccc3c2=O)cn1. The van der Waals surface area contributed by atoms with Crippen molar-refractivity contribution in [2.75, 3.05) is 7.11 Å². The van der Waals surface area contributed by atoms with Crippen molar-refractivity contribution in [1.82, 2.24) is 25.0 Å². The van der Waals surface area contributed by atoms with Crippen molar-refractivity contribution < 1.29 is 8.95 Å². The van der Waals surface area contributed by atoms with E-state index in [1.54, 1.807) is 56.0 Å². The Morgan fingerprint density at radius 1 is 1.19 bits per heavy atom. The summed E-state index contributed by atoms with van der Waals surface area (Å²) in [4.78, 5) is 17.4. The molecule has 0 aliphatic heterocycles. The number of nitrogens with zero attached hydrogens (tertiary/aromatic N) is 4. The predicted octanol–water partition coefficient (Wildman–Crippen LogP) is 1.74. The highest BCUT2D eigenvalue weighted by atomic mass is 32.2. The Bertz CT molecular complexity index is 1170. The van der Waals surface area contributed by atoms with Gasteiger partial charge >= 0.3 is 0 Å². The fourth-order valence-electron chi connectivity index (χ4n) is 2.67. The van der Waals surface area contributed by atoms with Crippen LogP contribution in [0.4, 0.5) is 0 Å². The molecule has 1 unspecified atom stereocenters. The first-order chi connectivity index (χ1) is 13.2. The Kier molecular flexibility index (Phi) is 4.51. The molecule has 0 aliphatic rings. The van der Waals surface area contributed by atoms with Gasteiger partial charge in [-0.3, -0.25) is 9.89 Å². The standard InChI is InChI=1S/C18H15N5O3S/c1-26-16-5-2-12(9-19-16)11-23-18(24)15-4-3-14(8-13(15)10-21-23)27(25)17-6-7-20-22-17/h2-10H,11H2,1H3,(H,20,22). The number of benzene rings is 1. The van der Waals surface area contributed by atoms with E-state index in [0.29, 0.717) is 33.1 Å². The highest BCUT2D eigenvalue weighted by Crippen LogP contribution is 2.18. The summed E-state index contributed by atoms with van der Waals surface area (Å²) >= 11 is 0. The molecule has 136 valence electrons. The number of aromatic nitrogens is 5. The molecule has 3 heterocycles. The number of fused-ring (bicyclic) bond motifs is 1. The van der Waals surface area contributed by atoms with Crippen molar-refractivity contribution in [3.63, 3.8) is 0 Å². The zero-order valence-electron chi connectivity index (χ0n) is 14.3. The molecular formula is C18H15N5O3S. The number of nitrogens with one attached hydrogen (secondary N) is 1. The van der Waals surface area contributed by atoms with Crippen LogP contribution in [0.2, 0.25) is 0 Å². The molecule has 0 fully saturated rings. The third-order valence-electron chi connectivity index (χ3n) is 4.05. The molecule has 27 heavy (non-hydrogen) atoms. The lowest BCUT2D eigenvalue weighted by Crippen LogP contribution is -2.23. The maximum atomic E-state index is 12.7. The Balaban J connectivity index is 1.66. The van der Waals surface area contributed by atoms with E-state index in [1.807, 2.05) is 6.07 Å². The molecule has 0 bridgehead atoms. The zero-order chi connectivity index (χ0) is 18.8. The molecule has 4 aromatic rings. The smallest absolute Gasteiger partial charge is 0.274 e. The van der Waals surface area contributed by atoms with Crippen molar-refractivity contribution in [2.24, 2.45) is 0 Å². The van der Waals surface area contributed by atoms with Gasteiger partial charge in [-0.05, 0) is 29.8 Å². The first kappa shape index (κ1) is 17.1. The summed E-state index contributed by atoms with van der Waals surface area (Å²) < 4.78 is 18.9. The lowest BCUT2D eigenvalue weighted by molar-refractivity contribution is 0.397. The molecule has 9 heteroatoms. The normalized spacial score (nSPS) is 12.2. The second-order valence-corrected chi connectivity index (χ2v) is 7.20. The van der Waals surface area contributed by atoms with E-state index in [4.69, 9.17) is 4.74 Å². The van der Waals surface area contributed by atoms with E-state index < -0.39 is 10.8 Å². The molecule has 0 saturated carbocycles. The fourth-order valence-corrected chi connectivity index (χ4v) is 3.66. The van der Waals surface area contributed by atoms with Crippen LogP contribution < -0.4 is 10.3 Å². The van der Waals surface area contributed by atoms with Gasteiger partial charge in [-0.2, -0.15) is 10.2 Å². The summed E-state index contributed by atoms with van der Waals surface area (Å²) in [6.07, 6.45) is 4.79. The molecule has 4 rings (SSSR count). The molecule has 1 N–H and O–H groups in total. The van der Waals surface area contributed by atoms with E-state index in [-0.39, 0.29) is 5.56 Å². The van der Waals surface area contributed by atoms with Crippen molar-refractivity contribution in [2.45, 2.75) is 16.5 Å². The van der Waals surface area contributed by atoms with Gasteiger partial charge < -0.3 is 4.74 Å². The fraction of sp³-hybridized carbons (Fsp3) is 0.111. The van der Waals surface area contributed by atoms with E-state index in [9.17, 15) is 9.00 Å². The molecule has 3 aromatic heterocycles. The number of ether oxygens (including phenoxy) is 1. The zero-order valence-corrected chi connectivity index (χ0v) is 15.1. The van der Waals surface area contributed by atoms with Gasteiger partial charge in [0.1, 0.15) is 15.8 Å². The monoisotopic (exact) mass is 381 g/mol. The summed E-state index contributed by atoms with van der Waals surface area (Å²) in [6.45, 7) is 0.299. The van der Waals surface area contributed by atoms with Crippen molar-refractivity contribution in [3.05, 3.63) is 70.9 Å². The number of rotatable bonds is 5. The van der Waals surface area contributed by atoms with Crippen LogP contribution in [0.3, 0.4) is 0 Å². The average Bonchev–Trinajstić information content (AvgIpc) is 3.25. The van der Waals surface area contributed by atoms with Crippen LogP contribution in [-0.2, 0) is 17.3 Å². The molecule has 0 aliphatic carbocycles. The number of pyridine rings is 1. The Morgan fingerprint density at radius 2 is 2.07 bits per heavy atom. The van der Waals surface area contributed by atoms with E-state index in [0.717, 1.165) is 5.56 Å². The molecule has 0 saturated heterocycles. The van der Waals surface area contributed by atoms with E-state index >= 15 is 0 Å². The molecule has 1 atom stereocenters. The van der Waals surface area contributed by atoms with Gasteiger partial charge in [0, 0.05) is 28.7 Å². The average molecular weight is 381 g/mol. The number of H-pyrrole nitrogens is 1. The molecule has 0 amide bonds. The first-order valence-corrected chi connectivity index (χ1v) is 9.20. The Hall–Kier alpha value is -3.33. The summed E-state index contributed by atoms with van der Waals surface area (Å²) in [7, 11) is 0.153. The minimum Gasteiger partial charge on any atom is -0.481 e. The van der Waals surface area contributed by atoms with Crippen molar-refractivity contribution >= 4 is 21.6 Å². The van der Waals surface area contributed by atoms with E-state index in [2.05, 4.69) is 20.3 Å².